The molecule has 2 N–H and O–H groups in total. The minimum atomic E-state index is -0.835. The lowest BCUT2D eigenvalue weighted by molar-refractivity contribution is -0.150. The number of carboxylic acids is 1. The van der Waals surface area contributed by atoms with Gasteiger partial charge in [0.15, 0.2) is 5.43 Å². The predicted octanol–water partition coefficient (Wildman–Crippen LogP) is 1.01. The third-order valence-electron chi connectivity index (χ3n) is 3.96. The highest BCUT2D eigenvalue weighted by atomic mass is 16.4. The predicted molar refractivity (Wildman–Crippen MR) is 72.7 cm³/mol. The lowest BCUT2D eigenvalue weighted by Crippen LogP contribution is -2.46. The number of H-pyrrole nitrogens is 1. The Balaban J connectivity index is 2.13. The van der Waals surface area contributed by atoms with Gasteiger partial charge in [0.05, 0.1) is 5.41 Å². The average molecular weight is 278 g/mol. The van der Waals surface area contributed by atoms with E-state index in [1.54, 1.807) is 18.7 Å². The van der Waals surface area contributed by atoms with Gasteiger partial charge in [0.2, 0.25) is 0 Å². The van der Waals surface area contributed by atoms with Gasteiger partial charge < -0.3 is 15.0 Å². The molecule has 6 heteroatoms. The number of piperidine rings is 1. The highest BCUT2D eigenvalue weighted by Gasteiger charge is 2.38. The fraction of sp³-hybridized carbons (Fsp3) is 0.500. The Labute approximate surface area is 116 Å². The Hall–Kier alpha value is -2.11. The molecular weight excluding hydrogens is 260 g/mol. The Kier molecular flexibility index (Phi) is 3.65. The van der Waals surface area contributed by atoms with Crippen LogP contribution in [0.5, 0.6) is 0 Å². The van der Waals surface area contributed by atoms with E-state index in [0.717, 1.165) is 0 Å². The van der Waals surface area contributed by atoms with Crippen molar-refractivity contribution in [2.75, 3.05) is 13.1 Å². The molecule has 6 nitrogen and oxygen atoms in total. The number of rotatable bonds is 2. The van der Waals surface area contributed by atoms with E-state index in [2.05, 4.69) is 4.98 Å². The van der Waals surface area contributed by atoms with Gasteiger partial charge in [0.25, 0.3) is 5.91 Å². The van der Waals surface area contributed by atoms with Crippen LogP contribution in [0.3, 0.4) is 0 Å². The summed E-state index contributed by atoms with van der Waals surface area (Å²) in [6, 6.07) is 1.39. The first-order chi connectivity index (χ1) is 9.33. The minimum Gasteiger partial charge on any atom is -0.481 e. The van der Waals surface area contributed by atoms with E-state index in [0.29, 0.717) is 31.6 Å². The van der Waals surface area contributed by atoms with Gasteiger partial charge in [0, 0.05) is 31.0 Å². The number of nitrogens with one attached hydrogen (secondary N) is 1. The van der Waals surface area contributed by atoms with E-state index in [1.165, 1.54) is 12.3 Å². The fourth-order valence-electron chi connectivity index (χ4n) is 2.33. The Morgan fingerprint density at radius 1 is 1.35 bits per heavy atom. The summed E-state index contributed by atoms with van der Waals surface area (Å²) in [5.74, 6) is -1.17. The van der Waals surface area contributed by atoms with Gasteiger partial charge in [-0.2, -0.15) is 0 Å². The molecule has 0 spiro atoms. The summed E-state index contributed by atoms with van der Waals surface area (Å²) in [4.78, 5) is 39.6. The second-order valence-corrected chi connectivity index (χ2v) is 5.55. The number of hydrogen-bond donors (Lipinski definition) is 2. The molecule has 0 unspecified atom stereocenters. The van der Waals surface area contributed by atoms with Gasteiger partial charge in [-0.1, -0.05) is 0 Å². The number of carboxylic acid groups (broad SMARTS) is 1. The van der Waals surface area contributed by atoms with Crippen LogP contribution in [0.4, 0.5) is 0 Å². The van der Waals surface area contributed by atoms with Crippen LogP contribution >= 0.6 is 0 Å². The molecule has 1 fully saturated rings. The normalized spacial score (nSPS) is 17.8. The van der Waals surface area contributed by atoms with Crippen molar-refractivity contribution in [2.45, 2.75) is 26.7 Å². The molecule has 0 saturated carbocycles. The number of likely N-dealkylation sites (tertiary alicyclic amines) is 1. The molecule has 2 heterocycles. The van der Waals surface area contributed by atoms with Crippen LogP contribution in [0.25, 0.3) is 0 Å². The first kappa shape index (κ1) is 14.3. The molecule has 1 aromatic heterocycles. The van der Waals surface area contributed by atoms with Gasteiger partial charge in [-0.15, -0.1) is 0 Å². The summed E-state index contributed by atoms with van der Waals surface area (Å²) >= 11 is 0. The van der Waals surface area contributed by atoms with Crippen molar-refractivity contribution in [1.29, 1.82) is 0 Å². The molecule has 1 aliphatic heterocycles. The lowest BCUT2D eigenvalue weighted by atomic mass is 9.80. The molecule has 1 amide bonds. The van der Waals surface area contributed by atoms with Gasteiger partial charge >= 0.3 is 5.97 Å². The second-order valence-electron chi connectivity index (χ2n) is 5.55. The van der Waals surface area contributed by atoms with E-state index < -0.39 is 11.4 Å². The lowest BCUT2D eigenvalue weighted by Gasteiger charge is -2.36. The van der Waals surface area contributed by atoms with Crippen molar-refractivity contribution in [1.82, 2.24) is 9.88 Å². The van der Waals surface area contributed by atoms with Crippen LogP contribution in [0.2, 0.25) is 0 Å². The number of carbonyl (C=O) groups is 2. The summed E-state index contributed by atoms with van der Waals surface area (Å²) in [6.07, 6.45) is 2.22. The highest BCUT2D eigenvalue weighted by Crippen LogP contribution is 2.31. The number of aryl methyl sites for hydroxylation is 1. The quantitative estimate of drug-likeness (QED) is 0.844. The van der Waals surface area contributed by atoms with Crippen molar-refractivity contribution in [3.8, 4) is 0 Å². The molecule has 2 rings (SSSR count). The van der Waals surface area contributed by atoms with Gasteiger partial charge in [-0.25, -0.2) is 0 Å². The maximum Gasteiger partial charge on any atom is 0.309 e. The number of nitrogens with zero attached hydrogens (tertiary/aromatic N) is 1. The molecule has 1 saturated heterocycles. The number of carbonyl (C=O) groups excluding carboxylic acids is 1. The number of hydrogen-bond acceptors (Lipinski definition) is 3. The van der Waals surface area contributed by atoms with Gasteiger partial charge in [-0.05, 0) is 26.7 Å². The highest BCUT2D eigenvalue weighted by molar-refractivity contribution is 5.94. The summed E-state index contributed by atoms with van der Waals surface area (Å²) in [7, 11) is 0. The topological polar surface area (TPSA) is 90.5 Å². The van der Waals surface area contributed by atoms with E-state index in [1.807, 2.05) is 0 Å². The first-order valence-electron chi connectivity index (χ1n) is 6.55. The number of pyridine rings is 1. The molecule has 20 heavy (non-hydrogen) atoms. The number of amides is 1. The summed E-state index contributed by atoms with van der Waals surface area (Å²) < 4.78 is 0. The zero-order valence-electron chi connectivity index (χ0n) is 11.6. The van der Waals surface area contributed by atoms with Crippen LogP contribution in [-0.2, 0) is 4.79 Å². The van der Waals surface area contributed by atoms with Crippen LogP contribution < -0.4 is 5.43 Å². The van der Waals surface area contributed by atoms with Gasteiger partial charge in [-0.3, -0.25) is 14.4 Å². The molecule has 0 aliphatic carbocycles. The zero-order chi connectivity index (χ0) is 14.9. The van der Waals surface area contributed by atoms with Crippen LogP contribution in [0.15, 0.2) is 17.1 Å². The van der Waals surface area contributed by atoms with Crippen molar-refractivity contribution < 1.29 is 14.7 Å². The fourth-order valence-corrected chi connectivity index (χ4v) is 2.33. The molecule has 108 valence electrons. The first-order valence-corrected chi connectivity index (χ1v) is 6.55. The third-order valence-corrected chi connectivity index (χ3v) is 3.96. The SMILES string of the molecule is Cc1cc(=O)c(C(=O)N2CCC(C)(C(=O)O)CC2)c[nH]1. The van der Waals surface area contributed by atoms with E-state index in [9.17, 15) is 14.4 Å². The van der Waals surface area contributed by atoms with E-state index >= 15 is 0 Å². The Morgan fingerprint density at radius 3 is 2.45 bits per heavy atom. The Morgan fingerprint density at radius 2 is 1.95 bits per heavy atom. The van der Waals surface area contributed by atoms with Crippen molar-refractivity contribution in [3.05, 3.63) is 33.7 Å². The van der Waals surface area contributed by atoms with Crippen LogP contribution in [0, 0.1) is 12.3 Å². The summed E-state index contributed by atoms with van der Waals surface area (Å²) in [5, 5.41) is 9.16. The van der Waals surface area contributed by atoms with Crippen molar-refractivity contribution in [2.24, 2.45) is 5.41 Å². The smallest absolute Gasteiger partial charge is 0.309 e. The molecule has 1 aromatic rings. The van der Waals surface area contributed by atoms with E-state index in [-0.39, 0.29) is 16.9 Å². The maximum absolute atomic E-state index is 12.3. The third kappa shape index (κ3) is 2.59. The monoisotopic (exact) mass is 278 g/mol. The van der Waals surface area contributed by atoms with Crippen molar-refractivity contribution in [3.63, 3.8) is 0 Å². The van der Waals surface area contributed by atoms with Crippen LogP contribution in [-0.4, -0.2) is 40.0 Å². The molecule has 1 aliphatic rings. The molecule has 0 aromatic carbocycles. The summed E-state index contributed by atoms with van der Waals surface area (Å²) in [6.45, 7) is 4.15. The summed E-state index contributed by atoms with van der Waals surface area (Å²) in [5.41, 5.74) is -0.285. The number of aromatic nitrogens is 1. The largest absolute Gasteiger partial charge is 0.481 e. The molecule has 0 radical (unpaired) electrons. The molecule has 0 atom stereocenters. The van der Waals surface area contributed by atoms with Crippen molar-refractivity contribution >= 4 is 11.9 Å². The minimum absolute atomic E-state index is 0.106. The second kappa shape index (κ2) is 5.11. The maximum atomic E-state index is 12.3. The number of aliphatic carboxylic acids is 1. The van der Waals surface area contributed by atoms with E-state index in [4.69, 9.17) is 5.11 Å². The number of aromatic amines is 1. The Bertz CT molecular complexity index is 597. The van der Waals surface area contributed by atoms with Gasteiger partial charge in [0.1, 0.15) is 5.56 Å². The standard InChI is InChI=1S/C14H18N2O4/c1-9-7-11(17)10(8-15-9)12(18)16-5-3-14(2,4-6-16)13(19)20/h7-8H,3-6H2,1-2H3,(H,15,17)(H,19,20). The molecule has 0 bridgehead atoms. The molecular formula is C14H18N2O4. The zero-order valence-corrected chi connectivity index (χ0v) is 11.6. The average Bonchev–Trinajstić information content (AvgIpc) is 2.38. The van der Waals surface area contributed by atoms with Crippen LogP contribution in [0.1, 0.15) is 35.8 Å².